The average Bonchev–Trinajstić information content (AvgIpc) is 2.61. The molecule has 0 amide bonds. The Morgan fingerprint density at radius 2 is 2.36 bits per heavy atom. The summed E-state index contributed by atoms with van der Waals surface area (Å²) in [6, 6.07) is 8.03. The van der Waals surface area contributed by atoms with Gasteiger partial charge in [-0.25, -0.2) is 0 Å². The maximum absolute atomic E-state index is 11.6. The van der Waals surface area contributed by atoms with Gasteiger partial charge in [0.25, 0.3) is 0 Å². The predicted octanol–water partition coefficient (Wildman–Crippen LogP) is 2.44. The van der Waals surface area contributed by atoms with Crippen LogP contribution in [-0.4, -0.2) is 18.3 Å². The highest BCUT2D eigenvalue weighted by Gasteiger charge is 2.29. The Morgan fingerprint density at radius 3 is 3.14 bits per heavy atom. The number of carbonyl (C=O) groups is 1. The number of ether oxygens (including phenoxy) is 1. The molecule has 2 rings (SSSR count). The lowest BCUT2D eigenvalue weighted by atomic mass is 10.0. The first kappa shape index (κ1) is 9.59. The number of hydrogen-bond acceptors (Lipinski definition) is 3. The van der Waals surface area contributed by atoms with Gasteiger partial charge in [0.05, 0.1) is 12.5 Å². The molecule has 0 spiro atoms. The summed E-state index contributed by atoms with van der Waals surface area (Å²) >= 11 is 1.73. The smallest absolute Gasteiger partial charge is 0.314 e. The molecule has 1 unspecified atom stereocenters. The second kappa shape index (κ2) is 4.05. The summed E-state index contributed by atoms with van der Waals surface area (Å²) in [5.74, 6) is 0.666. The first-order chi connectivity index (χ1) is 6.83. The Balaban J connectivity index is 2.21. The van der Waals surface area contributed by atoms with E-state index in [-0.39, 0.29) is 11.9 Å². The molecular formula is C11H12O2S. The Bertz CT molecular complexity index is 349. The van der Waals surface area contributed by atoms with Gasteiger partial charge in [-0.05, 0) is 18.6 Å². The van der Waals surface area contributed by atoms with Crippen LogP contribution in [-0.2, 0) is 9.53 Å². The third-order valence-corrected chi connectivity index (χ3v) is 3.45. The maximum Gasteiger partial charge on any atom is 0.314 e. The molecule has 0 saturated heterocycles. The van der Waals surface area contributed by atoms with Gasteiger partial charge < -0.3 is 4.74 Å². The van der Waals surface area contributed by atoms with Crippen LogP contribution in [0, 0.1) is 0 Å². The number of benzene rings is 1. The molecule has 0 fully saturated rings. The molecule has 1 aromatic rings. The Labute approximate surface area is 87.6 Å². The van der Waals surface area contributed by atoms with Crippen molar-refractivity contribution < 1.29 is 9.53 Å². The predicted molar refractivity (Wildman–Crippen MR) is 56.5 cm³/mol. The van der Waals surface area contributed by atoms with Crippen molar-refractivity contribution >= 4 is 17.7 Å². The van der Waals surface area contributed by atoms with Gasteiger partial charge in [0.15, 0.2) is 0 Å². The van der Waals surface area contributed by atoms with Crippen LogP contribution in [0.3, 0.4) is 0 Å². The fourth-order valence-electron chi connectivity index (χ4n) is 1.60. The van der Waals surface area contributed by atoms with E-state index in [9.17, 15) is 4.79 Å². The van der Waals surface area contributed by atoms with Gasteiger partial charge >= 0.3 is 5.97 Å². The fraction of sp³-hybridized carbons (Fsp3) is 0.364. The van der Waals surface area contributed by atoms with Gasteiger partial charge in [-0.2, -0.15) is 0 Å². The largest absolute Gasteiger partial charge is 0.465 e. The van der Waals surface area contributed by atoms with Gasteiger partial charge in [-0.15, -0.1) is 11.8 Å². The van der Waals surface area contributed by atoms with E-state index in [1.165, 1.54) is 4.90 Å². The van der Waals surface area contributed by atoms with Crippen molar-refractivity contribution in [1.29, 1.82) is 0 Å². The van der Waals surface area contributed by atoms with Crippen LogP contribution in [0.5, 0.6) is 0 Å². The van der Waals surface area contributed by atoms with Gasteiger partial charge in [-0.1, -0.05) is 18.2 Å². The summed E-state index contributed by atoms with van der Waals surface area (Å²) in [5.41, 5.74) is 1.12. The van der Waals surface area contributed by atoms with Crippen molar-refractivity contribution in [3.8, 4) is 0 Å². The number of thioether (sulfide) groups is 1. The van der Waals surface area contributed by atoms with E-state index in [0.717, 1.165) is 11.3 Å². The van der Waals surface area contributed by atoms with Crippen LogP contribution < -0.4 is 0 Å². The molecule has 0 N–H and O–H groups in total. The number of rotatable bonds is 2. The monoisotopic (exact) mass is 208 g/mol. The minimum absolute atomic E-state index is 0.0591. The lowest BCUT2D eigenvalue weighted by Crippen LogP contribution is -2.15. The second-order valence-corrected chi connectivity index (χ2v) is 4.22. The van der Waals surface area contributed by atoms with Crippen LogP contribution in [0.15, 0.2) is 29.2 Å². The molecule has 0 saturated carbocycles. The van der Waals surface area contributed by atoms with Crippen LogP contribution >= 0.6 is 11.8 Å². The van der Waals surface area contributed by atoms with E-state index in [1.54, 1.807) is 11.8 Å². The highest BCUT2D eigenvalue weighted by molar-refractivity contribution is 7.99. The van der Waals surface area contributed by atoms with Gasteiger partial charge in [0, 0.05) is 10.6 Å². The van der Waals surface area contributed by atoms with Crippen molar-refractivity contribution in [1.82, 2.24) is 0 Å². The molecule has 1 aromatic carbocycles. The molecule has 1 heterocycles. The summed E-state index contributed by atoms with van der Waals surface area (Å²) in [7, 11) is 0. The molecule has 3 heteroatoms. The zero-order valence-electron chi connectivity index (χ0n) is 8.03. The zero-order chi connectivity index (χ0) is 9.97. The van der Waals surface area contributed by atoms with E-state index in [2.05, 4.69) is 6.07 Å². The molecule has 0 bridgehead atoms. The lowest BCUT2D eigenvalue weighted by Gasteiger charge is -2.08. The molecule has 0 aliphatic carbocycles. The highest BCUT2D eigenvalue weighted by atomic mass is 32.2. The van der Waals surface area contributed by atoms with E-state index in [1.807, 2.05) is 25.1 Å². The van der Waals surface area contributed by atoms with Crippen LogP contribution in [0.2, 0.25) is 0 Å². The van der Waals surface area contributed by atoms with Gasteiger partial charge in [-0.3, -0.25) is 4.79 Å². The van der Waals surface area contributed by atoms with Crippen molar-refractivity contribution in [2.24, 2.45) is 0 Å². The third kappa shape index (κ3) is 1.64. The first-order valence-corrected chi connectivity index (χ1v) is 5.70. The maximum atomic E-state index is 11.6. The molecular weight excluding hydrogens is 196 g/mol. The van der Waals surface area contributed by atoms with E-state index in [0.29, 0.717) is 6.61 Å². The summed E-state index contributed by atoms with van der Waals surface area (Å²) in [6.45, 7) is 2.30. The zero-order valence-corrected chi connectivity index (χ0v) is 8.84. The normalized spacial score (nSPS) is 19.1. The highest BCUT2D eigenvalue weighted by Crippen LogP contribution is 2.39. The van der Waals surface area contributed by atoms with E-state index in [4.69, 9.17) is 4.74 Å². The van der Waals surface area contributed by atoms with Crippen molar-refractivity contribution in [2.45, 2.75) is 17.7 Å². The Morgan fingerprint density at radius 1 is 1.57 bits per heavy atom. The molecule has 1 atom stereocenters. The minimum Gasteiger partial charge on any atom is -0.465 e. The minimum atomic E-state index is -0.0926. The summed E-state index contributed by atoms with van der Waals surface area (Å²) in [6.07, 6.45) is 0. The molecule has 0 radical (unpaired) electrons. The Kier molecular flexibility index (Phi) is 2.77. The molecule has 14 heavy (non-hydrogen) atoms. The molecule has 74 valence electrons. The average molecular weight is 208 g/mol. The van der Waals surface area contributed by atoms with Crippen LogP contribution in [0.4, 0.5) is 0 Å². The van der Waals surface area contributed by atoms with Crippen LogP contribution in [0.25, 0.3) is 0 Å². The van der Waals surface area contributed by atoms with Crippen molar-refractivity contribution in [2.75, 3.05) is 12.4 Å². The standard InChI is InChI=1S/C11H12O2S/c1-2-13-11(12)9-7-14-10-6-4-3-5-8(9)10/h3-6,9H,2,7H2,1H3. The number of hydrogen-bond donors (Lipinski definition) is 0. The fourth-order valence-corrected chi connectivity index (χ4v) is 2.81. The van der Waals surface area contributed by atoms with Gasteiger partial charge in [0.2, 0.25) is 0 Å². The second-order valence-electron chi connectivity index (χ2n) is 3.15. The molecule has 1 aliphatic rings. The molecule has 2 nitrogen and oxygen atoms in total. The third-order valence-electron chi connectivity index (χ3n) is 2.27. The lowest BCUT2D eigenvalue weighted by molar-refractivity contribution is -0.144. The van der Waals surface area contributed by atoms with Gasteiger partial charge in [0.1, 0.15) is 0 Å². The number of esters is 1. The SMILES string of the molecule is CCOC(=O)C1CSc2ccccc21. The number of carbonyl (C=O) groups excluding carboxylic acids is 1. The number of fused-ring (bicyclic) bond motifs is 1. The topological polar surface area (TPSA) is 26.3 Å². The van der Waals surface area contributed by atoms with Crippen molar-refractivity contribution in [3.05, 3.63) is 29.8 Å². The molecule has 0 aromatic heterocycles. The Hall–Kier alpha value is -0.960. The molecule has 1 aliphatic heterocycles. The summed E-state index contributed by atoms with van der Waals surface area (Å²) in [4.78, 5) is 12.8. The van der Waals surface area contributed by atoms with Crippen LogP contribution in [0.1, 0.15) is 18.4 Å². The van der Waals surface area contributed by atoms with E-state index < -0.39 is 0 Å². The summed E-state index contributed by atoms with van der Waals surface area (Å²) < 4.78 is 5.03. The van der Waals surface area contributed by atoms with E-state index >= 15 is 0 Å². The summed E-state index contributed by atoms with van der Waals surface area (Å²) in [5, 5.41) is 0. The first-order valence-electron chi connectivity index (χ1n) is 4.71. The quantitative estimate of drug-likeness (QED) is 0.698. The van der Waals surface area contributed by atoms with Crippen molar-refractivity contribution in [3.63, 3.8) is 0 Å².